The number of hydrogen-bond donors (Lipinski definition) is 2. The molecular weight excluding hydrogens is 274 g/mol. The van der Waals surface area contributed by atoms with Crippen molar-refractivity contribution in [2.24, 2.45) is 5.73 Å². The van der Waals surface area contributed by atoms with Crippen LogP contribution in [-0.2, 0) is 0 Å². The maximum absolute atomic E-state index is 11.1. The molecule has 0 aromatic heterocycles. The topological polar surface area (TPSA) is 107 Å². The van der Waals surface area contributed by atoms with Crippen LogP contribution < -0.4 is 15.8 Å². The third-order valence-corrected chi connectivity index (χ3v) is 2.83. The third-order valence-electron chi connectivity index (χ3n) is 2.83. The highest BCUT2D eigenvalue weighted by molar-refractivity contribution is 5.94. The molecule has 7 nitrogen and oxygen atoms in total. The Bertz CT molecular complexity index is 700. The van der Waals surface area contributed by atoms with Crippen LogP contribution in [0.3, 0.4) is 0 Å². The summed E-state index contributed by atoms with van der Waals surface area (Å²) in [6.07, 6.45) is 0. The standard InChI is InChI=1S/C14H13N3O4/c1-21-11-4-2-3-10(8-11)16-12-6-5-9(14(15)18)7-13(12)17(19)20/h2-8,16H,1H3,(H2,15,18). The number of anilines is 2. The van der Waals surface area contributed by atoms with Gasteiger partial charge in [0.25, 0.3) is 5.69 Å². The number of hydrogen-bond acceptors (Lipinski definition) is 5. The van der Waals surface area contributed by atoms with Gasteiger partial charge in [-0.2, -0.15) is 0 Å². The first-order valence-electron chi connectivity index (χ1n) is 6.00. The van der Waals surface area contributed by atoms with Crippen molar-refractivity contribution in [3.05, 3.63) is 58.1 Å². The molecule has 108 valence electrons. The Morgan fingerprint density at radius 2 is 2.05 bits per heavy atom. The van der Waals surface area contributed by atoms with Gasteiger partial charge in [0, 0.05) is 23.4 Å². The number of methoxy groups -OCH3 is 1. The number of nitro groups is 1. The van der Waals surface area contributed by atoms with Gasteiger partial charge < -0.3 is 15.8 Å². The van der Waals surface area contributed by atoms with Gasteiger partial charge >= 0.3 is 0 Å². The number of nitrogens with one attached hydrogen (secondary N) is 1. The maximum atomic E-state index is 11.1. The first-order chi connectivity index (χ1) is 10.0. The SMILES string of the molecule is COc1cccc(Nc2ccc(C(N)=O)cc2[N+](=O)[O-])c1. The van der Waals surface area contributed by atoms with Gasteiger partial charge in [-0.05, 0) is 24.3 Å². The predicted molar refractivity (Wildman–Crippen MR) is 77.9 cm³/mol. The number of nitrogens with zero attached hydrogens (tertiary/aromatic N) is 1. The molecule has 0 aliphatic rings. The van der Waals surface area contributed by atoms with E-state index >= 15 is 0 Å². The van der Waals surface area contributed by atoms with E-state index in [4.69, 9.17) is 10.5 Å². The fraction of sp³-hybridized carbons (Fsp3) is 0.0714. The van der Waals surface area contributed by atoms with E-state index in [9.17, 15) is 14.9 Å². The molecule has 0 aliphatic carbocycles. The molecule has 3 N–H and O–H groups in total. The van der Waals surface area contributed by atoms with Gasteiger partial charge in [0.1, 0.15) is 11.4 Å². The van der Waals surface area contributed by atoms with Crippen molar-refractivity contribution in [2.75, 3.05) is 12.4 Å². The van der Waals surface area contributed by atoms with Crippen LogP contribution in [0.25, 0.3) is 0 Å². The highest BCUT2D eigenvalue weighted by atomic mass is 16.6. The summed E-state index contributed by atoms with van der Waals surface area (Å²) < 4.78 is 5.09. The Hall–Kier alpha value is -3.09. The Morgan fingerprint density at radius 1 is 1.29 bits per heavy atom. The lowest BCUT2D eigenvalue weighted by Crippen LogP contribution is -2.11. The average Bonchev–Trinajstić information content (AvgIpc) is 2.47. The highest BCUT2D eigenvalue weighted by Gasteiger charge is 2.16. The molecule has 21 heavy (non-hydrogen) atoms. The van der Waals surface area contributed by atoms with Crippen LogP contribution in [-0.4, -0.2) is 17.9 Å². The fourth-order valence-electron chi connectivity index (χ4n) is 1.80. The average molecular weight is 287 g/mol. The number of primary amides is 1. The van der Waals surface area contributed by atoms with Crippen LogP contribution in [0.1, 0.15) is 10.4 Å². The molecule has 0 aliphatic heterocycles. The van der Waals surface area contributed by atoms with Crippen LogP contribution >= 0.6 is 0 Å². The number of nitrogens with two attached hydrogens (primary N) is 1. The van der Waals surface area contributed by atoms with E-state index in [0.29, 0.717) is 11.4 Å². The summed E-state index contributed by atoms with van der Waals surface area (Å²) in [6, 6.07) is 11.0. The normalized spacial score (nSPS) is 9.95. The number of nitro benzene ring substituents is 1. The molecule has 0 saturated heterocycles. The summed E-state index contributed by atoms with van der Waals surface area (Å²) in [6.45, 7) is 0. The molecule has 0 heterocycles. The van der Waals surface area contributed by atoms with E-state index in [1.807, 2.05) is 0 Å². The highest BCUT2D eigenvalue weighted by Crippen LogP contribution is 2.29. The van der Waals surface area contributed by atoms with Crippen LogP contribution in [0.2, 0.25) is 0 Å². The van der Waals surface area contributed by atoms with E-state index in [-0.39, 0.29) is 16.9 Å². The lowest BCUT2D eigenvalue weighted by molar-refractivity contribution is -0.383. The van der Waals surface area contributed by atoms with Gasteiger partial charge in [-0.3, -0.25) is 14.9 Å². The van der Waals surface area contributed by atoms with E-state index in [1.165, 1.54) is 19.2 Å². The van der Waals surface area contributed by atoms with Crippen molar-refractivity contribution >= 4 is 23.0 Å². The lowest BCUT2D eigenvalue weighted by atomic mass is 10.1. The van der Waals surface area contributed by atoms with Crippen molar-refractivity contribution in [1.29, 1.82) is 0 Å². The zero-order valence-electron chi connectivity index (χ0n) is 11.2. The monoisotopic (exact) mass is 287 g/mol. The smallest absolute Gasteiger partial charge is 0.293 e. The summed E-state index contributed by atoms with van der Waals surface area (Å²) in [5, 5.41) is 14.0. The molecule has 0 atom stereocenters. The van der Waals surface area contributed by atoms with Crippen LogP contribution in [0.5, 0.6) is 5.75 Å². The summed E-state index contributed by atoms with van der Waals surface area (Å²) >= 11 is 0. The van der Waals surface area contributed by atoms with Gasteiger partial charge in [-0.1, -0.05) is 6.07 Å². The number of amides is 1. The first kappa shape index (κ1) is 14.3. The summed E-state index contributed by atoms with van der Waals surface area (Å²) in [4.78, 5) is 21.6. The second-order valence-corrected chi connectivity index (χ2v) is 4.21. The van der Waals surface area contributed by atoms with Crippen LogP contribution in [0.4, 0.5) is 17.1 Å². The van der Waals surface area contributed by atoms with E-state index in [1.54, 1.807) is 24.3 Å². The molecule has 0 bridgehead atoms. The third kappa shape index (κ3) is 3.27. The lowest BCUT2D eigenvalue weighted by Gasteiger charge is -2.09. The zero-order valence-corrected chi connectivity index (χ0v) is 11.2. The summed E-state index contributed by atoms with van der Waals surface area (Å²) in [7, 11) is 1.53. The summed E-state index contributed by atoms with van der Waals surface area (Å²) in [5.74, 6) is -0.0950. The van der Waals surface area contributed by atoms with Gasteiger partial charge in [0.15, 0.2) is 0 Å². The molecule has 2 aromatic rings. The molecule has 0 saturated carbocycles. The Labute approximate surface area is 120 Å². The minimum Gasteiger partial charge on any atom is -0.497 e. The molecule has 0 unspecified atom stereocenters. The number of benzene rings is 2. The summed E-state index contributed by atoms with van der Waals surface area (Å²) in [5.41, 5.74) is 5.87. The molecule has 2 rings (SSSR count). The van der Waals surface area contributed by atoms with E-state index < -0.39 is 10.8 Å². The number of rotatable bonds is 5. The Kier molecular flexibility index (Phi) is 4.03. The van der Waals surface area contributed by atoms with Crippen molar-refractivity contribution < 1.29 is 14.5 Å². The predicted octanol–water partition coefficient (Wildman–Crippen LogP) is 2.45. The van der Waals surface area contributed by atoms with Crippen molar-refractivity contribution in [1.82, 2.24) is 0 Å². The van der Waals surface area contributed by atoms with Crippen LogP contribution in [0, 0.1) is 10.1 Å². The molecular formula is C14H13N3O4. The van der Waals surface area contributed by atoms with Gasteiger partial charge in [-0.25, -0.2) is 0 Å². The first-order valence-corrected chi connectivity index (χ1v) is 6.00. The molecule has 0 spiro atoms. The fourth-order valence-corrected chi connectivity index (χ4v) is 1.80. The molecule has 0 radical (unpaired) electrons. The van der Waals surface area contributed by atoms with Crippen molar-refractivity contribution in [2.45, 2.75) is 0 Å². The second-order valence-electron chi connectivity index (χ2n) is 4.21. The van der Waals surface area contributed by atoms with Crippen molar-refractivity contribution in [3.63, 3.8) is 0 Å². The zero-order chi connectivity index (χ0) is 15.4. The van der Waals surface area contributed by atoms with Gasteiger partial charge in [0.05, 0.1) is 12.0 Å². The molecule has 0 fully saturated rings. The van der Waals surface area contributed by atoms with Gasteiger partial charge in [-0.15, -0.1) is 0 Å². The Balaban J connectivity index is 2.38. The number of carbonyl (C=O) groups is 1. The quantitative estimate of drug-likeness (QED) is 0.648. The molecule has 2 aromatic carbocycles. The molecule has 7 heteroatoms. The molecule has 1 amide bonds. The number of carbonyl (C=O) groups excluding carboxylic acids is 1. The minimum atomic E-state index is -0.717. The Morgan fingerprint density at radius 3 is 2.67 bits per heavy atom. The minimum absolute atomic E-state index is 0.0814. The van der Waals surface area contributed by atoms with E-state index in [2.05, 4.69) is 5.32 Å². The second kappa shape index (κ2) is 5.91. The van der Waals surface area contributed by atoms with Gasteiger partial charge in [0.2, 0.25) is 5.91 Å². The van der Waals surface area contributed by atoms with Crippen LogP contribution in [0.15, 0.2) is 42.5 Å². The number of ether oxygens (including phenoxy) is 1. The van der Waals surface area contributed by atoms with Crippen molar-refractivity contribution in [3.8, 4) is 5.75 Å². The van der Waals surface area contributed by atoms with E-state index in [0.717, 1.165) is 6.07 Å². The maximum Gasteiger partial charge on any atom is 0.293 e. The largest absolute Gasteiger partial charge is 0.497 e.